The third kappa shape index (κ3) is 1.99. The van der Waals surface area contributed by atoms with E-state index in [0.717, 1.165) is 24.9 Å². The largest absolute Gasteiger partial charge is 0.508 e. The van der Waals surface area contributed by atoms with E-state index in [0.29, 0.717) is 0 Å². The summed E-state index contributed by atoms with van der Waals surface area (Å²) < 4.78 is 0. The van der Waals surface area contributed by atoms with Gasteiger partial charge < -0.3 is 15.5 Å². The van der Waals surface area contributed by atoms with Crippen LogP contribution in [0, 0.1) is 0 Å². The van der Waals surface area contributed by atoms with Crippen molar-refractivity contribution < 1.29 is 10.2 Å². The van der Waals surface area contributed by atoms with Crippen LogP contribution in [0.25, 0.3) is 0 Å². The Balaban J connectivity index is 2.00. The monoisotopic (exact) mass is 193 g/mol. The maximum Gasteiger partial charge on any atom is 0.115 e. The SMILES string of the molecule is Oc1ccc(NC2CCCC2O)cc1. The lowest BCUT2D eigenvalue weighted by Crippen LogP contribution is -2.27. The van der Waals surface area contributed by atoms with Gasteiger partial charge in [-0.25, -0.2) is 0 Å². The normalized spacial score (nSPS) is 26.4. The van der Waals surface area contributed by atoms with Crippen LogP contribution in [0.1, 0.15) is 19.3 Å². The molecule has 1 saturated carbocycles. The molecule has 14 heavy (non-hydrogen) atoms. The molecular weight excluding hydrogens is 178 g/mol. The Labute approximate surface area is 83.4 Å². The minimum absolute atomic E-state index is 0.166. The second-order valence-corrected chi connectivity index (χ2v) is 3.80. The molecule has 3 heteroatoms. The number of anilines is 1. The maximum atomic E-state index is 9.59. The third-order valence-electron chi connectivity index (χ3n) is 2.70. The standard InChI is InChI=1S/C11H15NO2/c13-9-6-4-8(5-7-9)12-10-2-1-3-11(10)14/h4-7,10-14H,1-3H2. The van der Waals surface area contributed by atoms with Gasteiger partial charge >= 0.3 is 0 Å². The molecule has 0 aromatic heterocycles. The summed E-state index contributed by atoms with van der Waals surface area (Å²) in [5.41, 5.74) is 0.953. The number of phenols is 1. The second kappa shape index (κ2) is 3.88. The predicted molar refractivity (Wildman–Crippen MR) is 55.4 cm³/mol. The molecule has 0 radical (unpaired) electrons. The van der Waals surface area contributed by atoms with E-state index in [1.807, 2.05) is 12.1 Å². The lowest BCUT2D eigenvalue weighted by atomic mass is 10.2. The van der Waals surface area contributed by atoms with E-state index in [-0.39, 0.29) is 17.9 Å². The van der Waals surface area contributed by atoms with Crippen molar-refractivity contribution in [2.75, 3.05) is 5.32 Å². The van der Waals surface area contributed by atoms with E-state index in [1.54, 1.807) is 12.1 Å². The van der Waals surface area contributed by atoms with Crippen LogP contribution in [0.3, 0.4) is 0 Å². The van der Waals surface area contributed by atoms with Gasteiger partial charge in [0.15, 0.2) is 0 Å². The van der Waals surface area contributed by atoms with Crippen molar-refractivity contribution in [2.24, 2.45) is 0 Å². The number of hydrogen-bond acceptors (Lipinski definition) is 3. The Morgan fingerprint density at radius 3 is 2.43 bits per heavy atom. The number of phenolic OH excluding ortho intramolecular Hbond substituents is 1. The minimum atomic E-state index is -0.233. The van der Waals surface area contributed by atoms with E-state index in [1.165, 1.54) is 0 Å². The number of aromatic hydroxyl groups is 1. The summed E-state index contributed by atoms with van der Waals surface area (Å²) >= 11 is 0. The molecule has 3 nitrogen and oxygen atoms in total. The number of benzene rings is 1. The summed E-state index contributed by atoms with van der Waals surface area (Å²) in [4.78, 5) is 0. The molecule has 0 bridgehead atoms. The number of rotatable bonds is 2. The highest BCUT2D eigenvalue weighted by Crippen LogP contribution is 2.23. The van der Waals surface area contributed by atoms with E-state index in [2.05, 4.69) is 5.32 Å². The molecule has 0 heterocycles. The van der Waals surface area contributed by atoms with Crippen LogP contribution in [0.15, 0.2) is 24.3 Å². The molecule has 0 amide bonds. The second-order valence-electron chi connectivity index (χ2n) is 3.80. The van der Waals surface area contributed by atoms with Crippen molar-refractivity contribution in [2.45, 2.75) is 31.4 Å². The fraction of sp³-hybridized carbons (Fsp3) is 0.455. The van der Waals surface area contributed by atoms with Gasteiger partial charge in [-0.05, 0) is 43.5 Å². The zero-order valence-corrected chi connectivity index (χ0v) is 7.98. The number of nitrogens with one attached hydrogen (secondary N) is 1. The van der Waals surface area contributed by atoms with Crippen molar-refractivity contribution in [3.05, 3.63) is 24.3 Å². The molecule has 2 atom stereocenters. The van der Waals surface area contributed by atoms with Crippen molar-refractivity contribution in [3.63, 3.8) is 0 Å². The molecule has 76 valence electrons. The lowest BCUT2D eigenvalue weighted by molar-refractivity contribution is 0.172. The first-order valence-electron chi connectivity index (χ1n) is 4.99. The van der Waals surface area contributed by atoms with E-state index in [4.69, 9.17) is 5.11 Å². The minimum Gasteiger partial charge on any atom is -0.508 e. The average molecular weight is 193 g/mol. The Kier molecular flexibility index (Phi) is 2.59. The first-order chi connectivity index (χ1) is 6.75. The van der Waals surface area contributed by atoms with Crippen molar-refractivity contribution >= 4 is 5.69 Å². The van der Waals surface area contributed by atoms with Crippen LogP contribution in [0.4, 0.5) is 5.69 Å². The molecule has 2 unspecified atom stereocenters. The molecule has 0 aliphatic heterocycles. The smallest absolute Gasteiger partial charge is 0.115 e. The Morgan fingerprint density at radius 1 is 1.14 bits per heavy atom. The lowest BCUT2D eigenvalue weighted by Gasteiger charge is -2.17. The van der Waals surface area contributed by atoms with Gasteiger partial charge in [-0.1, -0.05) is 0 Å². The van der Waals surface area contributed by atoms with Gasteiger partial charge in [0.05, 0.1) is 12.1 Å². The van der Waals surface area contributed by atoms with E-state index in [9.17, 15) is 5.11 Å². The van der Waals surface area contributed by atoms with Crippen molar-refractivity contribution in [3.8, 4) is 5.75 Å². The third-order valence-corrected chi connectivity index (χ3v) is 2.70. The summed E-state index contributed by atoms with van der Waals surface area (Å²) in [5.74, 6) is 0.266. The molecule has 1 aromatic rings. The molecule has 3 N–H and O–H groups in total. The van der Waals surface area contributed by atoms with Gasteiger partial charge in [0.1, 0.15) is 5.75 Å². The molecule has 2 rings (SSSR count). The van der Waals surface area contributed by atoms with Gasteiger partial charge in [-0.15, -0.1) is 0 Å². The highest BCUT2D eigenvalue weighted by molar-refractivity contribution is 5.47. The van der Waals surface area contributed by atoms with E-state index < -0.39 is 0 Å². The fourth-order valence-corrected chi connectivity index (χ4v) is 1.88. The van der Waals surface area contributed by atoms with Crippen LogP contribution in [-0.4, -0.2) is 22.4 Å². The van der Waals surface area contributed by atoms with Gasteiger partial charge in [0, 0.05) is 5.69 Å². The number of hydrogen-bond donors (Lipinski definition) is 3. The Hall–Kier alpha value is -1.22. The highest BCUT2D eigenvalue weighted by atomic mass is 16.3. The first kappa shape index (κ1) is 9.34. The summed E-state index contributed by atoms with van der Waals surface area (Å²) in [6, 6.07) is 7.09. The van der Waals surface area contributed by atoms with Crippen LogP contribution >= 0.6 is 0 Å². The molecule has 1 aromatic carbocycles. The average Bonchev–Trinajstić information content (AvgIpc) is 2.56. The zero-order valence-electron chi connectivity index (χ0n) is 7.98. The van der Waals surface area contributed by atoms with Gasteiger partial charge in [0.2, 0.25) is 0 Å². The van der Waals surface area contributed by atoms with Gasteiger partial charge in [-0.2, -0.15) is 0 Å². The number of aliphatic hydroxyl groups excluding tert-OH is 1. The summed E-state index contributed by atoms with van der Waals surface area (Å²) in [7, 11) is 0. The van der Waals surface area contributed by atoms with Crippen LogP contribution in [0.5, 0.6) is 5.75 Å². The topological polar surface area (TPSA) is 52.5 Å². The van der Waals surface area contributed by atoms with Crippen LogP contribution < -0.4 is 5.32 Å². The van der Waals surface area contributed by atoms with Crippen LogP contribution in [0.2, 0.25) is 0 Å². The Bertz CT molecular complexity index is 297. The first-order valence-corrected chi connectivity index (χ1v) is 4.99. The molecule has 0 spiro atoms. The summed E-state index contributed by atoms with van der Waals surface area (Å²) in [5, 5.41) is 21.9. The summed E-state index contributed by atoms with van der Waals surface area (Å²) in [6.45, 7) is 0. The molecule has 1 fully saturated rings. The quantitative estimate of drug-likeness (QED) is 0.627. The Morgan fingerprint density at radius 2 is 1.86 bits per heavy atom. The predicted octanol–water partition coefficient (Wildman–Crippen LogP) is 1.72. The highest BCUT2D eigenvalue weighted by Gasteiger charge is 2.24. The van der Waals surface area contributed by atoms with Gasteiger partial charge in [-0.3, -0.25) is 0 Å². The molecular formula is C11H15NO2. The van der Waals surface area contributed by atoms with Crippen molar-refractivity contribution in [1.82, 2.24) is 0 Å². The van der Waals surface area contributed by atoms with Gasteiger partial charge in [0.25, 0.3) is 0 Å². The van der Waals surface area contributed by atoms with E-state index >= 15 is 0 Å². The molecule has 0 saturated heterocycles. The number of aliphatic hydroxyl groups is 1. The maximum absolute atomic E-state index is 9.59. The fourth-order valence-electron chi connectivity index (χ4n) is 1.88. The van der Waals surface area contributed by atoms with Crippen LogP contribution in [-0.2, 0) is 0 Å². The van der Waals surface area contributed by atoms with Crippen molar-refractivity contribution in [1.29, 1.82) is 0 Å². The summed E-state index contributed by atoms with van der Waals surface area (Å²) in [6.07, 6.45) is 2.75. The molecule has 1 aliphatic carbocycles. The zero-order chi connectivity index (χ0) is 9.97. The molecule has 1 aliphatic rings.